The standard InChI is InChI=1S/C5H2F8/c6-1-4(9,10)2(7)3(8)5(11,12)13/h1H2/b3-2+. The van der Waals surface area contributed by atoms with Crippen LogP contribution in [0.2, 0.25) is 0 Å². The van der Waals surface area contributed by atoms with Crippen LogP contribution in [0.3, 0.4) is 0 Å². The van der Waals surface area contributed by atoms with Crippen LogP contribution >= 0.6 is 0 Å². The summed E-state index contributed by atoms with van der Waals surface area (Å²) in [5, 5.41) is 0. The predicted octanol–water partition coefficient (Wildman–Crippen LogP) is 3.30. The quantitative estimate of drug-likeness (QED) is 0.618. The molecule has 0 radical (unpaired) electrons. The maximum atomic E-state index is 11.9. The number of hydrogen-bond acceptors (Lipinski definition) is 0. The lowest BCUT2D eigenvalue weighted by molar-refractivity contribution is -0.117. The van der Waals surface area contributed by atoms with Crippen molar-refractivity contribution in [2.45, 2.75) is 12.1 Å². The topological polar surface area (TPSA) is 0 Å². The second kappa shape index (κ2) is 3.51. The van der Waals surface area contributed by atoms with E-state index in [1.165, 1.54) is 0 Å². The molecule has 0 fully saturated rings. The first-order valence-electron chi connectivity index (χ1n) is 2.69. The molecule has 0 heterocycles. The summed E-state index contributed by atoms with van der Waals surface area (Å²) >= 11 is 0. The average Bonchev–Trinajstić information content (AvgIpc) is 2.00. The van der Waals surface area contributed by atoms with Crippen molar-refractivity contribution in [1.29, 1.82) is 0 Å². The van der Waals surface area contributed by atoms with E-state index in [9.17, 15) is 35.1 Å². The third-order valence-corrected chi connectivity index (χ3v) is 0.931. The summed E-state index contributed by atoms with van der Waals surface area (Å²) < 4.78 is 92.1. The van der Waals surface area contributed by atoms with Gasteiger partial charge in [0.25, 0.3) is 0 Å². The lowest BCUT2D eigenvalue weighted by atomic mass is 10.3. The van der Waals surface area contributed by atoms with Crippen molar-refractivity contribution in [2.24, 2.45) is 0 Å². The van der Waals surface area contributed by atoms with Crippen molar-refractivity contribution in [2.75, 3.05) is 6.67 Å². The highest BCUT2D eigenvalue weighted by Crippen LogP contribution is 2.36. The number of allylic oxidation sites excluding steroid dienone is 2. The number of hydrogen-bond donors (Lipinski definition) is 0. The summed E-state index contributed by atoms with van der Waals surface area (Å²) in [4.78, 5) is 0. The van der Waals surface area contributed by atoms with E-state index in [1.54, 1.807) is 0 Å². The van der Waals surface area contributed by atoms with Crippen LogP contribution in [-0.4, -0.2) is 18.8 Å². The summed E-state index contributed by atoms with van der Waals surface area (Å²) in [6, 6.07) is 0. The van der Waals surface area contributed by atoms with Gasteiger partial charge in [-0.15, -0.1) is 0 Å². The molecular weight excluding hydrogens is 212 g/mol. The van der Waals surface area contributed by atoms with E-state index >= 15 is 0 Å². The molecule has 0 aromatic rings. The first-order valence-corrected chi connectivity index (χ1v) is 2.69. The second-order valence-corrected chi connectivity index (χ2v) is 1.96. The molecule has 0 aliphatic carbocycles. The van der Waals surface area contributed by atoms with Crippen LogP contribution in [-0.2, 0) is 0 Å². The van der Waals surface area contributed by atoms with Crippen molar-refractivity contribution in [3.05, 3.63) is 11.7 Å². The Labute approximate surface area is 66.8 Å². The highest BCUT2D eigenvalue weighted by atomic mass is 19.4. The van der Waals surface area contributed by atoms with Gasteiger partial charge < -0.3 is 0 Å². The van der Waals surface area contributed by atoms with Gasteiger partial charge >= 0.3 is 12.1 Å². The Morgan fingerprint density at radius 1 is 0.846 bits per heavy atom. The molecule has 0 rings (SSSR count). The molecular formula is C5H2F8. The first-order chi connectivity index (χ1) is 5.63. The maximum absolute atomic E-state index is 11.9. The van der Waals surface area contributed by atoms with E-state index in [1.807, 2.05) is 0 Å². The number of alkyl halides is 6. The Bertz CT molecular complexity index is 211. The van der Waals surface area contributed by atoms with Gasteiger partial charge in [-0.25, -0.2) is 8.78 Å². The Kier molecular flexibility index (Phi) is 3.28. The first kappa shape index (κ1) is 12.2. The second-order valence-electron chi connectivity index (χ2n) is 1.96. The zero-order valence-corrected chi connectivity index (χ0v) is 5.73. The van der Waals surface area contributed by atoms with Crippen LogP contribution in [0.4, 0.5) is 35.1 Å². The Balaban J connectivity index is 5.04. The minimum atomic E-state index is -5.87. The van der Waals surface area contributed by atoms with E-state index in [-0.39, 0.29) is 0 Å². The fraction of sp³-hybridized carbons (Fsp3) is 0.600. The van der Waals surface area contributed by atoms with Crippen molar-refractivity contribution in [3.8, 4) is 0 Å². The third kappa shape index (κ3) is 2.85. The molecule has 13 heavy (non-hydrogen) atoms. The summed E-state index contributed by atoms with van der Waals surface area (Å²) in [6.07, 6.45) is -5.87. The Morgan fingerprint density at radius 3 is 1.46 bits per heavy atom. The molecule has 0 atom stereocenters. The summed E-state index contributed by atoms with van der Waals surface area (Å²) in [7, 11) is 0. The van der Waals surface area contributed by atoms with E-state index in [4.69, 9.17) is 0 Å². The van der Waals surface area contributed by atoms with Gasteiger partial charge in [0.1, 0.15) is 0 Å². The Hall–Kier alpha value is -0.820. The smallest absolute Gasteiger partial charge is 0.244 e. The molecule has 0 amide bonds. The van der Waals surface area contributed by atoms with Crippen LogP contribution < -0.4 is 0 Å². The molecule has 0 nitrogen and oxygen atoms in total. The van der Waals surface area contributed by atoms with E-state index in [2.05, 4.69) is 0 Å². The van der Waals surface area contributed by atoms with Gasteiger partial charge in [0, 0.05) is 0 Å². The summed E-state index contributed by atoms with van der Waals surface area (Å²) in [5.41, 5.74) is 0. The molecule has 0 unspecified atom stereocenters. The van der Waals surface area contributed by atoms with Gasteiger partial charge in [-0.2, -0.15) is 26.3 Å². The molecule has 0 saturated heterocycles. The minimum Gasteiger partial charge on any atom is -0.244 e. The average molecular weight is 214 g/mol. The van der Waals surface area contributed by atoms with Crippen LogP contribution in [0.1, 0.15) is 0 Å². The monoisotopic (exact) mass is 214 g/mol. The van der Waals surface area contributed by atoms with Crippen molar-refractivity contribution in [3.63, 3.8) is 0 Å². The number of rotatable bonds is 2. The van der Waals surface area contributed by atoms with Gasteiger partial charge in [0.2, 0.25) is 11.7 Å². The highest BCUT2D eigenvalue weighted by Gasteiger charge is 2.47. The van der Waals surface area contributed by atoms with Gasteiger partial charge in [-0.1, -0.05) is 0 Å². The number of halogens is 8. The Morgan fingerprint density at radius 2 is 1.23 bits per heavy atom. The van der Waals surface area contributed by atoms with Gasteiger partial charge in [-0.3, -0.25) is 0 Å². The molecule has 78 valence electrons. The molecule has 0 saturated carbocycles. The zero-order chi connectivity index (χ0) is 10.9. The molecule has 0 aromatic carbocycles. The van der Waals surface area contributed by atoms with Crippen LogP contribution in [0.5, 0.6) is 0 Å². The zero-order valence-electron chi connectivity index (χ0n) is 5.73. The molecule has 0 aliphatic rings. The van der Waals surface area contributed by atoms with Crippen molar-refractivity contribution in [1.82, 2.24) is 0 Å². The van der Waals surface area contributed by atoms with Crippen molar-refractivity contribution >= 4 is 0 Å². The van der Waals surface area contributed by atoms with Crippen LogP contribution in [0.15, 0.2) is 11.7 Å². The lowest BCUT2D eigenvalue weighted by Crippen LogP contribution is -2.24. The minimum absolute atomic E-state index is 2.73. The predicted molar refractivity (Wildman–Crippen MR) is 26.2 cm³/mol. The lowest BCUT2D eigenvalue weighted by Gasteiger charge is -2.11. The largest absolute Gasteiger partial charge is 0.445 e. The van der Waals surface area contributed by atoms with Gasteiger partial charge in [-0.05, 0) is 0 Å². The fourth-order valence-electron chi connectivity index (χ4n) is 0.344. The third-order valence-electron chi connectivity index (χ3n) is 0.931. The SMILES string of the molecule is FCC(F)(F)/C(F)=C(\F)C(F)(F)F. The maximum Gasteiger partial charge on any atom is 0.445 e. The van der Waals surface area contributed by atoms with E-state index in [0.717, 1.165) is 0 Å². The van der Waals surface area contributed by atoms with Crippen LogP contribution in [0, 0.1) is 0 Å². The molecule has 0 aromatic heterocycles. The van der Waals surface area contributed by atoms with Gasteiger partial charge in [0.05, 0.1) is 0 Å². The van der Waals surface area contributed by atoms with Crippen LogP contribution in [0.25, 0.3) is 0 Å². The van der Waals surface area contributed by atoms with E-state index < -0.39 is 30.4 Å². The molecule has 0 spiro atoms. The highest BCUT2D eigenvalue weighted by molar-refractivity contribution is 5.13. The summed E-state index contributed by atoms with van der Waals surface area (Å²) in [5.74, 6) is -12.1. The normalized spacial score (nSPS) is 15.7. The van der Waals surface area contributed by atoms with Crippen molar-refractivity contribution < 1.29 is 35.1 Å². The fourth-order valence-corrected chi connectivity index (χ4v) is 0.344. The van der Waals surface area contributed by atoms with E-state index in [0.29, 0.717) is 0 Å². The molecule has 0 N–H and O–H groups in total. The molecule has 8 heteroatoms. The molecule has 0 aliphatic heterocycles. The summed E-state index contributed by atoms with van der Waals surface area (Å²) in [6.45, 7) is -2.73. The molecule has 0 bridgehead atoms. The van der Waals surface area contributed by atoms with Gasteiger partial charge in [0.15, 0.2) is 6.67 Å².